The van der Waals surface area contributed by atoms with Gasteiger partial charge in [0.1, 0.15) is 0 Å². The van der Waals surface area contributed by atoms with Crippen LogP contribution in [0.2, 0.25) is 0 Å². The minimum atomic E-state index is -0.554. The number of hydrogen-bond donors (Lipinski definition) is 1. The molecule has 3 heterocycles. The molecule has 1 amide bonds. The highest BCUT2D eigenvalue weighted by Crippen LogP contribution is 2.28. The first-order valence-corrected chi connectivity index (χ1v) is 8.23. The number of rotatable bonds is 6. The Kier molecular flexibility index (Phi) is 4.83. The molecule has 0 saturated carbocycles. The summed E-state index contributed by atoms with van der Waals surface area (Å²) in [6, 6.07) is 3.89. The molecule has 3 aromatic rings. The van der Waals surface area contributed by atoms with Gasteiger partial charge in [0.25, 0.3) is 5.91 Å². The third-order valence-electron chi connectivity index (χ3n) is 3.92. The molecule has 0 unspecified atom stereocenters. The predicted molar refractivity (Wildman–Crippen MR) is 94.3 cm³/mol. The smallest absolute Gasteiger partial charge is 0.269 e. The third-order valence-corrected chi connectivity index (χ3v) is 3.92. The van der Waals surface area contributed by atoms with Crippen LogP contribution in [0.1, 0.15) is 41.4 Å². The predicted octanol–water partition coefficient (Wildman–Crippen LogP) is 2.47. The molecule has 3 rings (SSSR count). The van der Waals surface area contributed by atoms with Gasteiger partial charge in [-0.05, 0) is 31.4 Å². The van der Waals surface area contributed by atoms with Gasteiger partial charge in [-0.25, -0.2) is 9.67 Å². The van der Waals surface area contributed by atoms with E-state index in [1.165, 1.54) is 0 Å². The van der Waals surface area contributed by atoms with Crippen LogP contribution in [0.25, 0.3) is 17.2 Å². The fraction of sp³-hybridized carbons (Fsp3) is 0.278. The highest BCUT2D eigenvalue weighted by molar-refractivity contribution is 5.94. The van der Waals surface area contributed by atoms with Crippen molar-refractivity contribution in [2.24, 2.45) is 5.73 Å². The van der Waals surface area contributed by atoms with Gasteiger partial charge >= 0.3 is 0 Å². The standard InChI is InChI=1S/C18H20N6O/c1-3-4-5-13-16(18(19)25)23-24(15-11-20-8-9-21-15)17(13)14-7-6-12(2)10-22-14/h6-11H,3-5H2,1-2H3,(H2,19,25). The summed E-state index contributed by atoms with van der Waals surface area (Å²) in [5.74, 6) is -0.0350. The lowest BCUT2D eigenvalue weighted by molar-refractivity contribution is 0.0994. The van der Waals surface area contributed by atoms with Crippen LogP contribution in [0, 0.1) is 6.92 Å². The lowest BCUT2D eigenvalue weighted by Gasteiger charge is -2.08. The monoisotopic (exact) mass is 336 g/mol. The molecule has 7 nitrogen and oxygen atoms in total. The molecule has 0 aliphatic rings. The molecule has 0 atom stereocenters. The van der Waals surface area contributed by atoms with Gasteiger partial charge in [0.2, 0.25) is 0 Å². The molecule has 0 radical (unpaired) electrons. The number of nitrogens with two attached hydrogens (primary N) is 1. The largest absolute Gasteiger partial charge is 0.364 e. The molecule has 25 heavy (non-hydrogen) atoms. The molecule has 0 spiro atoms. The first kappa shape index (κ1) is 16.8. The number of nitrogens with zero attached hydrogens (tertiary/aromatic N) is 5. The highest BCUT2D eigenvalue weighted by atomic mass is 16.1. The molecule has 3 aromatic heterocycles. The first-order valence-electron chi connectivity index (χ1n) is 8.23. The van der Waals surface area contributed by atoms with E-state index in [1.54, 1.807) is 29.5 Å². The number of carbonyl (C=O) groups is 1. The summed E-state index contributed by atoms with van der Waals surface area (Å²) in [7, 11) is 0. The van der Waals surface area contributed by atoms with E-state index < -0.39 is 5.91 Å². The van der Waals surface area contributed by atoms with E-state index in [1.807, 2.05) is 19.1 Å². The molecule has 0 aromatic carbocycles. The fourth-order valence-electron chi connectivity index (χ4n) is 2.68. The van der Waals surface area contributed by atoms with Crippen molar-refractivity contribution < 1.29 is 4.79 Å². The van der Waals surface area contributed by atoms with Crippen LogP contribution in [0.5, 0.6) is 0 Å². The normalized spacial score (nSPS) is 10.8. The Morgan fingerprint density at radius 2 is 2.04 bits per heavy atom. The minimum Gasteiger partial charge on any atom is -0.364 e. The Labute approximate surface area is 146 Å². The average Bonchev–Trinajstić information content (AvgIpc) is 3.01. The Morgan fingerprint density at radius 1 is 1.20 bits per heavy atom. The van der Waals surface area contributed by atoms with Crippen molar-refractivity contribution in [3.8, 4) is 17.2 Å². The Balaban J connectivity index is 2.26. The Bertz CT molecular complexity index is 871. The Hall–Kier alpha value is -3.09. The molecule has 0 saturated heterocycles. The SMILES string of the molecule is CCCCc1c(C(N)=O)nn(-c2cnccn2)c1-c1ccc(C)cn1. The zero-order chi connectivity index (χ0) is 17.8. The molecule has 128 valence electrons. The van der Waals surface area contributed by atoms with Crippen LogP contribution in [-0.4, -0.2) is 30.6 Å². The van der Waals surface area contributed by atoms with Gasteiger partial charge in [-0.15, -0.1) is 0 Å². The lowest BCUT2D eigenvalue weighted by atomic mass is 10.0. The van der Waals surface area contributed by atoms with Gasteiger partial charge in [-0.1, -0.05) is 19.4 Å². The van der Waals surface area contributed by atoms with E-state index in [2.05, 4.69) is 27.0 Å². The van der Waals surface area contributed by atoms with Crippen LogP contribution in [-0.2, 0) is 6.42 Å². The van der Waals surface area contributed by atoms with Crippen molar-refractivity contribution in [3.05, 3.63) is 53.7 Å². The van der Waals surface area contributed by atoms with Crippen molar-refractivity contribution >= 4 is 5.91 Å². The van der Waals surface area contributed by atoms with Gasteiger partial charge in [-0.2, -0.15) is 5.10 Å². The van der Waals surface area contributed by atoms with E-state index in [0.29, 0.717) is 12.2 Å². The zero-order valence-electron chi connectivity index (χ0n) is 14.3. The second-order valence-corrected chi connectivity index (χ2v) is 5.84. The molecule has 2 N–H and O–H groups in total. The zero-order valence-corrected chi connectivity index (χ0v) is 14.3. The van der Waals surface area contributed by atoms with E-state index in [-0.39, 0.29) is 5.69 Å². The van der Waals surface area contributed by atoms with Crippen LogP contribution in [0.4, 0.5) is 0 Å². The van der Waals surface area contributed by atoms with Crippen LogP contribution >= 0.6 is 0 Å². The van der Waals surface area contributed by atoms with E-state index in [0.717, 1.165) is 35.4 Å². The molecule has 0 aliphatic carbocycles. The van der Waals surface area contributed by atoms with Crippen LogP contribution in [0.15, 0.2) is 36.9 Å². The summed E-state index contributed by atoms with van der Waals surface area (Å²) in [5, 5.41) is 4.43. The number of pyridine rings is 1. The number of primary amides is 1. The molecule has 7 heteroatoms. The topological polar surface area (TPSA) is 99.6 Å². The molecular weight excluding hydrogens is 316 g/mol. The van der Waals surface area contributed by atoms with Crippen molar-refractivity contribution in [2.45, 2.75) is 33.1 Å². The van der Waals surface area contributed by atoms with Gasteiger partial charge in [0, 0.05) is 24.2 Å². The average molecular weight is 336 g/mol. The third kappa shape index (κ3) is 3.40. The molecular formula is C18H20N6O. The van der Waals surface area contributed by atoms with Gasteiger partial charge in [0.05, 0.1) is 17.6 Å². The molecule has 0 fully saturated rings. The van der Waals surface area contributed by atoms with Crippen molar-refractivity contribution in [3.63, 3.8) is 0 Å². The van der Waals surface area contributed by atoms with E-state index >= 15 is 0 Å². The number of carbonyl (C=O) groups excluding carboxylic acids is 1. The van der Waals surface area contributed by atoms with Crippen LogP contribution in [0.3, 0.4) is 0 Å². The van der Waals surface area contributed by atoms with Crippen molar-refractivity contribution in [2.75, 3.05) is 0 Å². The van der Waals surface area contributed by atoms with E-state index in [9.17, 15) is 4.79 Å². The summed E-state index contributed by atoms with van der Waals surface area (Å²) >= 11 is 0. The number of aromatic nitrogens is 5. The molecule has 0 aliphatic heterocycles. The minimum absolute atomic E-state index is 0.261. The number of aryl methyl sites for hydroxylation is 1. The highest BCUT2D eigenvalue weighted by Gasteiger charge is 2.24. The number of unbranched alkanes of at least 4 members (excludes halogenated alkanes) is 1. The maximum Gasteiger partial charge on any atom is 0.269 e. The van der Waals surface area contributed by atoms with Crippen LogP contribution < -0.4 is 5.73 Å². The second-order valence-electron chi connectivity index (χ2n) is 5.84. The maximum atomic E-state index is 12.0. The quantitative estimate of drug-likeness (QED) is 0.745. The van der Waals surface area contributed by atoms with Crippen molar-refractivity contribution in [1.29, 1.82) is 0 Å². The van der Waals surface area contributed by atoms with Crippen molar-refractivity contribution in [1.82, 2.24) is 24.7 Å². The maximum absolute atomic E-state index is 12.0. The number of hydrogen-bond acceptors (Lipinski definition) is 5. The van der Waals surface area contributed by atoms with E-state index in [4.69, 9.17) is 5.73 Å². The fourth-order valence-corrected chi connectivity index (χ4v) is 2.68. The summed E-state index contributed by atoms with van der Waals surface area (Å²) in [6.45, 7) is 4.07. The Morgan fingerprint density at radius 3 is 2.64 bits per heavy atom. The van der Waals surface area contributed by atoms with Gasteiger partial charge in [-0.3, -0.25) is 14.8 Å². The summed E-state index contributed by atoms with van der Waals surface area (Å²) < 4.78 is 1.61. The van der Waals surface area contributed by atoms with Gasteiger partial charge < -0.3 is 5.73 Å². The second kappa shape index (κ2) is 7.21. The number of amides is 1. The molecule has 0 bridgehead atoms. The summed E-state index contributed by atoms with van der Waals surface area (Å²) in [6.07, 6.45) is 9.17. The summed E-state index contributed by atoms with van der Waals surface area (Å²) in [4.78, 5) is 24.9. The lowest BCUT2D eigenvalue weighted by Crippen LogP contribution is -2.14. The summed E-state index contributed by atoms with van der Waals surface area (Å²) in [5.41, 5.74) is 9.16. The van der Waals surface area contributed by atoms with Gasteiger partial charge in [0.15, 0.2) is 11.5 Å². The first-order chi connectivity index (χ1) is 12.1.